The van der Waals surface area contributed by atoms with Crippen LogP contribution in [0, 0.1) is 11.3 Å². The van der Waals surface area contributed by atoms with Crippen molar-refractivity contribution in [3.63, 3.8) is 0 Å². The topological polar surface area (TPSA) is 67.6 Å². The monoisotopic (exact) mass is 453 g/mol. The average Bonchev–Trinajstić information content (AvgIpc) is 3.18. The lowest BCUT2D eigenvalue weighted by Gasteiger charge is -2.40. The van der Waals surface area contributed by atoms with Crippen LogP contribution in [-0.4, -0.2) is 42.6 Å². The number of carbonyl (C=O) groups excluding carboxylic acids is 1. The van der Waals surface area contributed by atoms with Gasteiger partial charge in [-0.2, -0.15) is 13.2 Å². The summed E-state index contributed by atoms with van der Waals surface area (Å²) >= 11 is 0. The molecule has 3 aliphatic rings. The van der Waals surface area contributed by atoms with E-state index >= 15 is 0 Å². The van der Waals surface area contributed by atoms with Gasteiger partial charge in [-0.3, -0.25) is 4.79 Å². The van der Waals surface area contributed by atoms with Crippen LogP contribution in [0.1, 0.15) is 62.6 Å². The number of anilines is 1. The van der Waals surface area contributed by atoms with Crippen LogP contribution in [0.15, 0.2) is 12.1 Å². The molecule has 1 aromatic rings. The number of nitrogens with one attached hydrogen (secondary N) is 1. The van der Waals surface area contributed by atoms with E-state index in [4.69, 9.17) is 10.5 Å². The molecule has 0 aromatic heterocycles. The zero-order valence-corrected chi connectivity index (χ0v) is 18.9. The number of amides is 1. The van der Waals surface area contributed by atoms with Gasteiger partial charge < -0.3 is 20.7 Å². The van der Waals surface area contributed by atoms with Gasteiger partial charge in [0.1, 0.15) is 0 Å². The second-order valence-corrected chi connectivity index (χ2v) is 9.98. The Kier molecular flexibility index (Phi) is 6.47. The van der Waals surface area contributed by atoms with Gasteiger partial charge >= 0.3 is 6.18 Å². The van der Waals surface area contributed by atoms with Crippen molar-refractivity contribution in [2.24, 2.45) is 11.3 Å². The molecule has 0 radical (unpaired) electrons. The van der Waals surface area contributed by atoms with Crippen LogP contribution in [0.25, 0.3) is 0 Å². The number of alkyl halides is 3. The number of hydrogen-bond donors (Lipinski definition) is 2. The lowest BCUT2D eigenvalue weighted by Crippen LogP contribution is -2.49. The van der Waals surface area contributed by atoms with Crippen molar-refractivity contribution in [1.82, 2.24) is 10.2 Å². The van der Waals surface area contributed by atoms with Gasteiger partial charge in [0, 0.05) is 44.1 Å². The van der Waals surface area contributed by atoms with Gasteiger partial charge in [0.2, 0.25) is 5.91 Å². The highest BCUT2D eigenvalue weighted by Crippen LogP contribution is 2.47. The van der Waals surface area contributed by atoms with Gasteiger partial charge in [-0.05, 0) is 67.7 Å². The highest BCUT2D eigenvalue weighted by atomic mass is 19.4. The molecule has 5 nitrogen and oxygen atoms in total. The molecule has 0 spiro atoms. The second-order valence-electron chi connectivity index (χ2n) is 9.98. The quantitative estimate of drug-likeness (QED) is 0.673. The van der Waals surface area contributed by atoms with E-state index in [9.17, 15) is 18.0 Å². The largest absolute Gasteiger partial charge is 0.416 e. The summed E-state index contributed by atoms with van der Waals surface area (Å²) in [6.07, 6.45) is 0.534. The van der Waals surface area contributed by atoms with Crippen LogP contribution in [0.2, 0.25) is 0 Å². The Morgan fingerprint density at radius 2 is 1.94 bits per heavy atom. The van der Waals surface area contributed by atoms with Crippen LogP contribution in [-0.2, 0) is 28.7 Å². The zero-order chi connectivity index (χ0) is 23.1. The maximum Gasteiger partial charge on any atom is 0.416 e. The first kappa shape index (κ1) is 23.4. The molecule has 0 bridgehead atoms. The zero-order valence-electron chi connectivity index (χ0n) is 18.9. The van der Waals surface area contributed by atoms with Crippen molar-refractivity contribution in [2.75, 3.05) is 25.5 Å². The second kappa shape index (κ2) is 8.86. The van der Waals surface area contributed by atoms with E-state index < -0.39 is 17.2 Å². The Morgan fingerprint density at radius 1 is 1.22 bits per heavy atom. The molecule has 0 unspecified atom stereocenters. The van der Waals surface area contributed by atoms with E-state index in [1.165, 1.54) is 0 Å². The minimum atomic E-state index is -4.46. The van der Waals surface area contributed by atoms with E-state index in [0.717, 1.165) is 63.0 Å². The number of benzene rings is 1. The van der Waals surface area contributed by atoms with Gasteiger partial charge in [0.05, 0.1) is 11.0 Å². The molecule has 1 aliphatic carbocycles. The summed E-state index contributed by atoms with van der Waals surface area (Å²) in [4.78, 5) is 15.6. The molecule has 8 heteroatoms. The number of carbonyl (C=O) groups is 1. The van der Waals surface area contributed by atoms with Crippen molar-refractivity contribution in [3.05, 3.63) is 28.8 Å². The van der Waals surface area contributed by atoms with Crippen molar-refractivity contribution >= 4 is 11.6 Å². The number of rotatable bonds is 4. The molecule has 1 amide bonds. The molecular formula is C24H34F3N3O2. The molecule has 1 saturated carbocycles. The van der Waals surface area contributed by atoms with E-state index in [2.05, 4.69) is 19.2 Å². The molecule has 1 aromatic carbocycles. The fraction of sp³-hybridized carbons (Fsp3) is 0.708. The molecule has 2 heterocycles. The normalized spacial score (nSPS) is 27.1. The highest BCUT2D eigenvalue weighted by Gasteiger charge is 2.50. The molecule has 2 fully saturated rings. The van der Waals surface area contributed by atoms with Crippen molar-refractivity contribution in [1.29, 1.82) is 0 Å². The third kappa shape index (κ3) is 4.49. The maximum atomic E-state index is 13.8. The van der Waals surface area contributed by atoms with Crippen LogP contribution in [0.5, 0.6) is 0 Å². The smallest absolute Gasteiger partial charge is 0.398 e. The molecule has 32 heavy (non-hydrogen) atoms. The number of fused-ring (bicyclic) bond motifs is 1. The predicted molar refractivity (Wildman–Crippen MR) is 117 cm³/mol. The molecular weight excluding hydrogens is 419 g/mol. The van der Waals surface area contributed by atoms with Gasteiger partial charge in [0.25, 0.3) is 0 Å². The van der Waals surface area contributed by atoms with Crippen LogP contribution in [0.4, 0.5) is 18.9 Å². The van der Waals surface area contributed by atoms with Gasteiger partial charge in [-0.25, -0.2) is 0 Å². The van der Waals surface area contributed by atoms with E-state index in [0.29, 0.717) is 24.6 Å². The van der Waals surface area contributed by atoms with E-state index in [-0.39, 0.29) is 30.1 Å². The predicted octanol–water partition coefficient (Wildman–Crippen LogP) is 4.14. The number of halogens is 3. The minimum Gasteiger partial charge on any atom is -0.398 e. The summed E-state index contributed by atoms with van der Waals surface area (Å²) in [5.74, 6) is 0.231. The highest BCUT2D eigenvalue weighted by molar-refractivity contribution is 5.84. The summed E-state index contributed by atoms with van der Waals surface area (Å²) in [5.41, 5.74) is 6.15. The third-order valence-corrected chi connectivity index (χ3v) is 7.76. The summed E-state index contributed by atoms with van der Waals surface area (Å²) < 4.78 is 45.3. The number of nitrogens with two attached hydrogens (primary N) is 1. The van der Waals surface area contributed by atoms with Gasteiger partial charge in [-0.15, -0.1) is 0 Å². The Bertz CT molecular complexity index is 852. The molecule has 2 atom stereocenters. The molecule has 1 saturated heterocycles. The minimum absolute atomic E-state index is 0.0745. The Hall–Kier alpha value is -1.80. The summed E-state index contributed by atoms with van der Waals surface area (Å²) in [5, 5.41) is 3.74. The molecule has 178 valence electrons. The molecule has 3 N–H and O–H groups in total. The first-order chi connectivity index (χ1) is 15.1. The fourth-order valence-electron chi connectivity index (χ4n) is 5.77. The number of nitrogens with zero attached hydrogens (tertiary/aromatic N) is 1. The fourth-order valence-corrected chi connectivity index (χ4v) is 5.77. The number of nitrogen functional groups attached to an aromatic ring is 1. The average molecular weight is 454 g/mol. The van der Waals surface area contributed by atoms with Gasteiger partial charge in [0.15, 0.2) is 0 Å². The SMILES string of the molecule is CC(C)[C@]1(C(=O)N2CCc3c(N)cc(C(F)(F)F)cc3C2)CC[C@@H](NC2CCOCC2)C1. The number of ether oxygens (including phenoxy) is 1. The van der Waals surface area contributed by atoms with Crippen LogP contribution in [0.3, 0.4) is 0 Å². The third-order valence-electron chi connectivity index (χ3n) is 7.76. The molecule has 4 rings (SSSR count). The summed E-state index contributed by atoms with van der Waals surface area (Å²) in [6.45, 7) is 6.41. The van der Waals surface area contributed by atoms with Gasteiger partial charge in [-0.1, -0.05) is 13.8 Å². The summed E-state index contributed by atoms with van der Waals surface area (Å²) in [6, 6.07) is 2.89. The lowest BCUT2D eigenvalue weighted by atomic mass is 9.73. The molecule has 2 aliphatic heterocycles. The lowest BCUT2D eigenvalue weighted by molar-refractivity contribution is -0.145. The Balaban J connectivity index is 1.51. The van der Waals surface area contributed by atoms with Crippen molar-refractivity contribution < 1.29 is 22.7 Å². The van der Waals surface area contributed by atoms with Crippen LogP contribution >= 0.6 is 0 Å². The number of hydrogen-bond acceptors (Lipinski definition) is 4. The summed E-state index contributed by atoms with van der Waals surface area (Å²) in [7, 11) is 0. The van der Waals surface area contributed by atoms with Crippen LogP contribution < -0.4 is 11.1 Å². The first-order valence-electron chi connectivity index (χ1n) is 11.7. The Morgan fingerprint density at radius 3 is 2.59 bits per heavy atom. The van der Waals surface area contributed by atoms with E-state index in [1.807, 2.05) is 0 Å². The standard InChI is InChI=1S/C24H34F3N3O2/c1-15(2)23(7-3-19(13-23)29-18-5-9-32-10-6-18)22(31)30-8-4-20-16(14-30)11-17(12-21(20)28)24(25,26)27/h11-12,15,18-19,29H,3-10,13-14,28H2,1-2H3/t19-,23+/m1/s1. The van der Waals surface area contributed by atoms with Crippen molar-refractivity contribution in [3.8, 4) is 0 Å². The maximum absolute atomic E-state index is 13.8. The Labute approximate surface area is 187 Å². The van der Waals surface area contributed by atoms with E-state index in [1.54, 1.807) is 4.90 Å². The first-order valence-corrected chi connectivity index (χ1v) is 11.7. The van der Waals surface area contributed by atoms with Crippen molar-refractivity contribution in [2.45, 2.75) is 77.2 Å².